The predicted octanol–water partition coefficient (Wildman–Crippen LogP) is 1.75. The molecule has 1 fully saturated rings. The summed E-state index contributed by atoms with van der Waals surface area (Å²) in [6.45, 7) is 0.774. The fraction of sp³-hybridized carbons (Fsp3) is 0.583. The monoisotopic (exact) mass is 277 g/mol. The van der Waals surface area contributed by atoms with Crippen molar-refractivity contribution in [2.75, 3.05) is 5.75 Å². The molecule has 2 N–H and O–H groups in total. The third-order valence-electron chi connectivity index (χ3n) is 3.70. The van der Waals surface area contributed by atoms with Gasteiger partial charge in [0.25, 0.3) is 0 Å². The van der Waals surface area contributed by atoms with Crippen molar-refractivity contribution in [2.24, 2.45) is 0 Å². The second-order valence-corrected chi connectivity index (χ2v) is 6.27. The summed E-state index contributed by atoms with van der Waals surface area (Å²) in [6, 6.07) is 0.0865. The largest absolute Gasteiger partial charge is 0.347 e. The third-order valence-corrected chi connectivity index (χ3v) is 5.08. The molecule has 2 atom stereocenters. The molecule has 4 heterocycles. The lowest BCUT2D eigenvalue weighted by atomic mass is 10.1. The second kappa shape index (κ2) is 4.64. The standard InChI is InChI=1S/C12H15N5OS/c1-2-10(19-3-1)11-16-12(18-17-11)8-4-7-9(5-13-8)15-6-14-7/h6,8,10,13H,1-5H2,(H,14,15). The minimum Gasteiger partial charge on any atom is -0.347 e. The summed E-state index contributed by atoms with van der Waals surface area (Å²) in [4.78, 5) is 12.0. The molecule has 0 aromatic carbocycles. The maximum absolute atomic E-state index is 5.43. The van der Waals surface area contributed by atoms with Gasteiger partial charge in [0.05, 0.1) is 29.0 Å². The molecule has 19 heavy (non-hydrogen) atoms. The summed E-state index contributed by atoms with van der Waals surface area (Å²) in [7, 11) is 0. The lowest BCUT2D eigenvalue weighted by molar-refractivity contribution is 0.317. The number of fused-ring (bicyclic) bond motifs is 1. The van der Waals surface area contributed by atoms with Gasteiger partial charge in [-0.2, -0.15) is 16.7 Å². The molecule has 2 aliphatic heterocycles. The SMILES string of the molecule is c1nc2c([nH]1)CNC(c1nc(C3CCCS3)no1)C2. The van der Waals surface area contributed by atoms with Crippen LogP contribution in [0.5, 0.6) is 0 Å². The molecule has 2 aliphatic rings. The van der Waals surface area contributed by atoms with E-state index in [-0.39, 0.29) is 6.04 Å². The number of thioether (sulfide) groups is 1. The Morgan fingerprint density at radius 3 is 3.32 bits per heavy atom. The number of hydrogen-bond acceptors (Lipinski definition) is 6. The number of nitrogens with zero attached hydrogens (tertiary/aromatic N) is 3. The van der Waals surface area contributed by atoms with Crippen molar-refractivity contribution < 1.29 is 4.52 Å². The zero-order valence-electron chi connectivity index (χ0n) is 10.4. The van der Waals surface area contributed by atoms with Crippen LogP contribution >= 0.6 is 11.8 Å². The lowest BCUT2D eigenvalue weighted by Gasteiger charge is -2.19. The maximum atomic E-state index is 5.43. The van der Waals surface area contributed by atoms with Crippen LogP contribution < -0.4 is 5.32 Å². The van der Waals surface area contributed by atoms with Crippen molar-refractivity contribution in [1.82, 2.24) is 25.4 Å². The van der Waals surface area contributed by atoms with Gasteiger partial charge in [0.2, 0.25) is 5.89 Å². The molecule has 7 heteroatoms. The smallest absolute Gasteiger partial charge is 0.244 e. The molecule has 4 rings (SSSR count). The molecule has 2 aromatic heterocycles. The summed E-state index contributed by atoms with van der Waals surface area (Å²) >= 11 is 1.92. The second-order valence-electron chi connectivity index (χ2n) is 4.96. The van der Waals surface area contributed by atoms with Crippen LogP contribution in [-0.2, 0) is 13.0 Å². The third kappa shape index (κ3) is 2.06. The van der Waals surface area contributed by atoms with E-state index in [0.717, 1.165) is 36.6 Å². The van der Waals surface area contributed by atoms with E-state index in [0.29, 0.717) is 11.1 Å². The average molecular weight is 277 g/mol. The average Bonchev–Trinajstić information content (AvgIpc) is 3.18. The fourth-order valence-corrected chi connectivity index (χ4v) is 3.84. The van der Waals surface area contributed by atoms with E-state index in [1.54, 1.807) is 6.33 Å². The highest BCUT2D eigenvalue weighted by atomic mass is 32.2. The molecule has 0 amide bonds. The first kappa shape index (κ1) is 11.5. The van der Waals surface area contributed by atoms with Crippen molar-refractivity contribution in [2.45, 2.75) is 37.1 Å². The first-order valence-electron chi connectivity index (χ1n) is 6.60. The number of H-pyrrole nitrogens is 1. The highest BCUT2D eigenvalue weighted by Crippen LogP contribution is 2.38. The Kier molecular flexibility index (Phi) is 2.81. The molecule has 0 saturated carbocycles. The first-order chi connectivity index (χ1) is 9.40. The molecule has 0 bridgehead atoms. The summed E-state index contributed by atoms with van der Waals surface area (Å²) < 4.78 is 5.43. The van der Waals surface area contributed by atoms with Crippen LogP contribution in [0, 0.1) is 0 Å². The van der Waals surface area contributed by atoms with Crippen LogP contribution in [0.1, 0.15) is 47.2 Å². The highest BCUT2D eigenvalue weighted by molar-refractivity contribution is 7.99. The molecule has 2 aromatic rings. The number of rotatable bonds is 2. The number of aromatic nitrogens is 4. The van der Waals surface area contributed by atoms with E-state index in [1.165, 1.54) is 12.2 Å². The summed E-state index contributed by atoms with van der Waals surface area (Å²) in [5.74, 6) is 2.75. The number of hydrogen-bond donors (Lipinski definition) is 2. The molecule has 0 aliphatic carbocycles. The number of nitrogens with one attached hydrogen (secondary N) is 2. The molecule has 6 nitrogen and oxygen atoms in total. The number of imidazole rings is 1. The molecule has 0 radical (unpaired) electrons. The molecular formula is C12H15N5OS. The van der Waals surface area contributed by atoms with Gasteiger partial charge in [0.1, 0.15) is 0 Å². The topological polar surface area (TPSA) is 79.6 Å². The quantitative estimate of drug-likeness (QED) is 0.870. The zero-order chi connectivity index (χ0) is 12.7. The van der Waals surface area contributed by atoms with Crippen molar-refractivity contribution in [3.8, 4) is 0 Å². The Labute approximate surface area is 114 Å². The van der Waals surface area contributed by atoms with E-state index < -0.39 is 0 Å². The van der Waals surface area contributed by atoms with Gasteiger partial charge in [-0.05, 0) is 18.6 Å². The maximum Gasteiger partial charge on any atom is 0.244 e. The minimum absolute atomic E-state index is 0.0865. The predicted molar refractivity (Wildman–Crippen MR) is 70.6 cm³/mol. The van der Waals surface area contributed by atoms with Crippen molar-refractivity contribution in [1.29, 1.82) is 0 Å². The lowest BCUT2D eigenvalue weighted by Crippen LogP contribution is -2.28. The van der Waals surface area contributed by atoms with Gasteiger partial charge in [-0.1, -0.05) is 5.16 Å². The normalized spacial score (nSPS) is 26.5. The molecule has 0 spiro atoms. The van der Waals surface area contributed by atoms with Crippen LogP contribution in [0.4, 0.5) is 0 Å². The first-order valence-corrected chi connectivity index (χ1v) is 7.64. The Hall–Kier alpha value is -1.34. The van der Waals surface area contributed by atoms with Crippen LogP contribution in [0.2, 0.25) is 0 Å². The van der Waals surface area contributed by atoms with Gasteiger partial charge in [-0.3, -0.25) is 5.32 Å². The van der Waals surface area contributed by atoms with Gasteiger partial charge in [0, 0.05) is 13.0 Å². The zero-order valence-corrected chi connectivity index (χ0v) is 11.2. The van der Waals surface area contributed by atoms with E-state index in [4.69, 9.17) is 4.52 Å². The number of aromatic amines is 1. The summed E-state index contributed by atoms with van der Waals surface area (Å²) in [5.41, 5.74) is 2.25. The van der Waals surface area contributed by atoms with Crippen LogP contribution in [0.3, 0.4) is 0 Å². The van der Waals surface area contributed by atoms with Gasteiger partial charge < -0.3 is 9.51 Å². The Morgan fingerprint density at radius 2 is 2.42 bits per heavy atom. The summed E-state index contributed by atoms with van der Waals surface area (Å²) in [6.07, 6.45) is 4.95. The molecule has 100 valence electrons. The molecule has 1 saturated heterocycles. The Balaban J connectivity index is 1.54. The Bertz CT molecular complexity index is 574. The van der Waals surface area contributed by atoms with Gasteiger partial charge in [-0.15, -0.1) is 0 Å². The van der Waals surface area contributed by atoms with E-state index in [1.807, 2.05) is 11.8 Å². The van der Waals surface area contributed by atoms with Gasteiger partial charge in [0.15, 0.2) is 5.82 Å². The van der Waals surface area contributed by atoms with Gasteiger partial charge >= 0.3 is 0 Å². The highest BCUT2D eigenvalue weighted by Gasteiger charge is 2.28. The van der Waals surface area contributed by atoms with Gasteiger partial charge in [-0.25, -0.2) is 4.98 Å². The van der Waals surface area contributed by atoms with Crippen molar-refractivity contribution in [3.63, 3.8) is 0 Å². The van der Waals surface area contributed by atoms with E-state index in [9.17, 15) is 0 Å². The van der Waals surface area contributed by atoms with Crippen molar-refractivity contribution in [3.05, 3.63) is 29.4 Å². The van der Waals surface area contributed by atoms with Crippen LogP contribution in [-0.4, -0.2) is 25.9 Å². The van der Waals surface area contributed by atoms with E-state index in [2.05, 4.69) is 25.4 Å². The van der Waals surface area contributed by atoms with Crippen LogP contribution in [0.25, 0.3) is 0 Å². The minimum atomic E-state index is 0.0865. The van der Waals surface area contributed by atoms with Crippen molar-refractivity contribution >= 4 is 11.8 Å². The molecule has 2 unspecified atom stereocenters. The Morgan fingerprint density at radius 1 is 1.42 bits per heavy atom. The van der Waals surface area contributed by atoms with Crippen LogP contribution in [0.15, 0.2) is 10.9 Å². The summed E-state index contributed by atoms with van der Waals surface area (Å²) in [5, 5.41) is 7.97. The molecular weight excluding hydrogens is 262 g/mol. The fourth-order valence-electron chi connectivity index (χ4n) is 2.64. The van der Waals surface area contributed by atoms with E-state index >= 15 is 0 Å².